The molecule has 0 saturated carbocycles. The van der Waals surface area contributed by atoms with Crippen LogP contribution in [-0.4, -0.2) is 14.1 Å². The van der Waals surface area contributed by atoms with Crippen LogP contribution in [0.1, 0.15) is 18.4 Å². The van der Waals surface area contributed by atoms with Crippen LogP contribution >= 0.6 is 0 Å². The summed E-state index contributed by atoms with van der Waals surface area (Å²) in [5, 5.41) is 0.380. The molecule has 1 aliphatic rings. The van der Waals surface area contributed by atoms with Crippen LogP contribution in [0.4, 0.5) is 5.82 Å². The molecule has 1 aromatic carbocycles. The molecular formula is C20H18N4O2. The van der Waals surface area contributed by atoms with E-state index in [1.165, 1.54) is 9.13 Å². The van der Waals surface area contributed by atoms with Crippen molar-refractivity contribution in [1.29, 1.82) is 0 Å². The summed E-state index contributed by atoms with van der Waals surface area (Å²) in [7, 11) is 0. The Morgan fingerprint density at radius 1 is 1.08 bits per heavy atom. The third-order valence-corrected chi connectivity index (χ3v) is 4.47. The molecule has 2 aromatic heterocycles. The standard InChI is InChI=1S/C20H18N4O2/c21-17-12-11-16-18(22-17)24(15-9-5-2-6-10-15)20(26)23(19(16)25)13-14-7-3-1-4-8-14/h1-5,7-9,11-12H,6,10,13H2,(H2,21,22). The largest absolute Gasteiger partial charge is 0.384 e. The third-order valence-electron chi connectivity index (χ3n) is 4.47. The van der Waals surface area contributed by atoms with E-state index in [-0.39, 0.29) is 17.9 Å². The van der Waals surface area contributed by atoms with Crippen molar-refractivity contribution in [1.82, 2.24) is 14.1 Å². The van der Waals surface area contributed by atoms with E-state index in [0.717, 1.165) is 17.7 Å². The molecule has 1 aliphatic carbocycles. The molecule has 26 heavy (non-hydrogen) atoms. The number of anilines is 1. The summed E-state index contributed by atoms with van der Waals surface area (Å²) in [6, 6.07) is 12.7. The molecule has 130 valence electrons. The summed E-state index contributed by atoms with van der Waals surface area (Å²) in [4.78, 5) is 30.4. The number of hydrogen-bond donors (Lipinski definition) is 1. The summed E-state index contributed by atoms with van der Waals surface area (Å²) in [6.07, 6.45) is 7.37. The normalized spacial score (nSPS) is 13.8. The van der Waals surface area contributed by atoms with Crippen molar-refractivity contribution in [3.8, 4) is 0 Å². The van der Waals surface area contributed by atoms with Gasteiger partial charge in [0.05, 0.1) is 11.9 Å². The topological polar surface area (TPSA) is 82.9 Å². The van der Waals surface area contributed by atoms with E-state index in [1.54, 1.807) is 12.1 Å². The Balaban J connectivity index is 2.03. The Bertz CT molecular complexity index is 1150. The zero-order chi connectivity index (χ0) is 18.1. The maximum Gasteiger partial charge on any atom is 0.337 e. The van der Waals surface area contributed by atoms with Crippen molar-refractivity contribution < 1.29 is 0 Å². The molecule has 0 saturated heterocycles. The quantitative estimate of drug-likeness (QED) is 0.789. The average molecular weight is 346 g/mol. The van der Waals surface area contributed by atoms with Gasteiger partial charge >= 0.3 is 5.69 Å². The number of nitrogens with two attached hydrogens (primary N) is 1. The zero-order valence-corrected chi connectivity index (χ0v) is 14.1. The van der Waals surface area contributed by atoms with Gasteiger partial charge in [-0.1, -0.05) is 42.5 Å². The lowest BCUT2D eigenvalue weighted by atomic mass is 10.1. The first-order valence-electron chi connectivity index (χ1n) is 8.47. The van der Waals surface area contributed by atoms with Gasteiger partial charge in [0, 0.05) is 5.70 Å². The van der Waals surface area contributed by atoms with Gasteiger partial charge in [-0.05, 0) is 36.6 Å². The molecule has 0 amide bonds. The maximum atomic E-state index is 13.2. The number of nitrogen functional groups attached to an aromatic ring is 1. The first kappa shape index (κ1) is 16.1. The first-order valence-corrected chi connectivity index (χ1v) is 8.47. The van der Waals surface area contributed by atoms with Crippen LogP contribution < -0.4 is 17.0 Å². The van der Waals surface area contributed by atoms with E-state index in [0.29, 0.717) is 17.5 Å². The average Bonchev–Trinajstić information content (AvgIpc) is 2.67. The van der Waals surface area contributed by atoms with E-state index in [4.69, 9.17) is 5.73 Å². The van der Waals surface area contributed by atoms with Crippen LogP contribution in [-0.2, 0) is 6.54 Å². The summed E-state index contributed by atoms with van der Waals surface area (Å²) in [5.41, 5.74) is 7.07. The number of allylic oxidation sites excluding steroid dienone is 4. The second-order valence-corrected chi connectivity index (χ2v) is 6.23. The second kappa shape index (κ2) is 6.48. The summed E-state index contributed by atoms with van der Waals surface area (Å²) < 4.78 is 2.77. The highest BCUT2D eigenvalue weighted by Crippen LogP contribution is 2.19. The fraction of sp³-hybridized carbons (Fsp3) is 0.150. The van der Waals surface area contributed by atoms with Crippen LogP contribution in [0.3, 0.4) is 0 Å². The molecule has 6 heteroatoms. The first-order chi connectivity index (χ1) is 12.6. The Hall–Kier alpha value is -3.41. The van der Waals surface area contributed by atoms with Crippen LogP contribution in [0.5, 0.6) is 0 Å². The van der Waals surface area contributed by atoms with Crippen molar-refractivity contribution in [2.24, 2.45) is 0 Å². The fourth-order valence-electron chi connectivity index (χ4n) is 3.18. The lowest BCUT2D eigenvalue weighted by Gasteiger charge is -2.17. The van der Waals surface area contributed by atoms with Crippen molar-refractivity contribution >= 4 is 22.5 Å². The lowest BCUT2D eigenvalue weighted by molar-refractivity contribution is 0.680. The van der Waals surface area contributed by atoms with E-state index in [9.17, 15) is 9.59 Å². The van der Waals surface area contributed by atoms with E-state index in [2.05, 4.69) is 4.98 Å². The second-order valence-electron chi connectivity index (χ2n) is 6.23. The van der Waals surface area contributed by atoms with Gasteiger partial charge in [0.15, 0.2) is 5.65 Å². The van der Waals surface area contributed by atoms with Gasteiger partial charge in [-0.25, -0.2) is 14.3 Å². The number of fused-ring (bicyclic) bond motifs is 1. The molecule has 0 radical (unpaired) electrons. The highest BCUT2D eigenvalue weighted by Gasteiger charge is 2.17. The van der Waals surface area contributed by atoms with Gasteiger partial charge in [-0.15, -0.1) is 0 Å². The molecule has 3 aromatic rings. The van der Waals surface area contributed by atoms with Gasteiger partial charge in [0.25, 0.3) is 5.56 Å². The van der Waals surface area contributed by atoms with E-state index < -0.39 is 5.69 Å². The monoisotopic (exact) mass is 346 g/mol. The fourth-order valence-corrected chi connectivity index (χ4v) is 3.18. The molecule has 0 unspecified atom stereocenters. The van der Waals surface area contributed by atoms with E-state index >= 15 is 0 Å². The number of benzene rings is 1. The molecule has 0 aliphatic heterocycles. The van der Waals surface area contributed by atoms with Gasteiger partial charge < -0.3 is 5.73 Å². The van der Waals surface area contributed by atoms with Crippen LogP contribution in [0.25, 0.3) is 16.7 Å². The van der Waals surface area contributed by atoms with Crippen LogP contribution in [0.2, 0.25) is 0 Å². The molecule has 0 fully saturated rings. The predicted molar refractivity (Wildman–Crippen MR) is 103 cm³/mol. The van der Waals surface area contributed by atoms with Gasteiger partial charge in [0.2, 0.25) is 0 Å². The Labute approximate surface area is 149 Å². The minimum atomic E-state index is -0.397. The number of aromatic nitrogens is 3. The smallest absolute Gasteiger partial charge is 0.337 e. The number of pyridine rings is 1. The summed E-state index contributed by atoms with van der Waals surface area (Å²) in [5.74, 6) is 0.276. The van der Waals surface area contributed by atoms with E-state index in [1.807, 2.05) is 48.6 Å². The summed E-state index contributed by atoms with van der Waals surface area (Å²) >= 11 is 0. The maximum absolute atomic E-state index is 13.2. The molecule has 0 bridgehead atoms. The minimum absolute atomic E-state index is 0.210. The lowest BCUT2D eigenvalue weighted by Crippen LogP contribution is -2.40. The minimum Gasteiger partial charge on any atom is -0.384 e. The van der Waals surface area contributed by atoms with Crippen LogP contribution in [0, 0.1) is 0 Å². The van der Waals surface area contributed by atoms with Gasteiger partial charge in [0.1, 0.15) is 5.82 Å². The molecule has 2 heterocycles. The molecule has 2 N–H and O–H groups in total. The number of rotatable bonds is 3. The number of hydrogen-bond acceptors (Lipinski definition) is 4. The molecular weight excluding hydrogens is 328 g/mol. The zero-order valence-electron chi connectivity index (χ0n) is 14.1. The summed E-state index contributed by atoms with van der Waals surface area (Å²) in [6.45, 7) is 0.210. The van der Waals surface area contributed by atoms with Crippen molar-refractivity contribution in [2.45, 2.75) is 19.4 Å². The van der Waals surface area contributed by atoms with Crippen molar-refractivity contribution in [2.75, 3.05) is 5.73 Å². The van der Waals surface area contributed by atoms with Crippen LogP contribution in [0.15, 0.2) is 70.3 Å². The Morgan fingerprint density at radius 2 is 1.88 bits per heavy atom. The van der Waals surface area contributed by atoms with Crippen molar-refractivity contribution in [3.63, 3.8) is 0 Å². The third kappa shape index (κ3) is 2.75. The highest BCUT2D eigenvalue weighted by atomic mass is 16.2. The number of nitrogens with zero attached hydrogens (tertiary/aromatic N) is 3. The Morgan fingerprint density at radius 3 is 2.62 bits per heavy atom. The molecule has 4 rings (SSSR count). The van der Waals surface area contributed by atoms with Gasteiger partial charge in [-0.2, -0.15) is 0 Å². The van der Waals surface area contributed by atoms with Gasteiger partial charge in [-0.3, -0.25) is 9.36 Å². The molecule has 6 nitrogen and oxygen atoms in total. The SMILES string of the molecule is Nc1ccc2c(=O)n(Cc3ccccc3)c(=O)n(C3=CC=CCC3)c2n1. The van der Waals surface area contributed by atoms with Crippen molar-refractivity contribution in [3.05, 3.63) is 87.1 Å². The predicted octanol–water partition coefficient (Wildman–Crippen LogP) is 2.38. The Kier molecular flexibility index (Phi) is 4.01. The molecule has 0 spiro atoms. The molecule has 0 atom stereocenters. The highest BCUT2D eigenvalue weighted by molar-refractivity contribution is 5.79.